The van der Waals surface area contributed by atoms with Crippen LogP contribution in [0.2, 0.25) is 0 Å². The molecule has 0 aromatic rings. The highest BCUT2D eigenvalue weighted by molar-refractivity contribution is 5.07. The molecular formula is C15H25O2+. The molecule has 4 fully saturated rings. The highest BCUT2D eigenvalue weighted by atomic mass is 16.6. The number of hydrogen-bond donors (Lipinski definition) is 0. The van der Waals surface area contributed by atoms with Gasteiger partial charge in [-0.25, -0.2) is 0 Å². The Labute approximate surface area is 104 Å². The van der Waals surface area contributed by atoms with Gasteiger partial charge in [0.15, 0.2) is 0 Å². The Morgan fingerprint density at radius 3 is 2.18 bits per heavy atom. The lowest BCUT2D eigenvalue weighted by molar-refractivity contribution is -0.256. The van der Waals surface area contributed by atoms with Crippen molar-refractivity contribution in [3.63, 3.8) is 0 Å². The quantitative estimate of drug-likeness (QED) is 0.420. The third-order valence-corrected chi connectivity index (χ3v) is 5.63. The Hall–Kier alpha value is -0.340. The second-order valence-corrected chi connectivity index (χ2v) is 6.39. The van der Waals surface area contributed by atoms with Crippen molar-refractivity contribution in [2.45, 2.75) is 57.3 Å². The largest absolute Gasteiger partial charge is 0.418 e. The average molecular weight is 237 g/mol. The lowest BCUT2D eigenvalue weighted by Crippen LogP contribution is -2.59. The molecule has 4 rings (SSSR count). The molecule has 2 heteroatoms. The summed E-state index contributed by atoms with van der Waals surface area (Å²) < 4.78 is 6.16. The van der Waals surface area contributed by atoms with Gasteiger partial charge < -0.3 is 9.84 Å². The summed E-state index contributed by atoms with van der Waals surface area (Å²) in [5.74, 6) is 3.37. The minimum atomic E-state index is -0.535. The molecule has 0 aromatic carbocycles. The van der Waals surface area contributed by atoms with Crippen molar-refractivity contribution >= 4 is 0 Å². The van der Waals surface area contributed by atoms with Gasteiger partial charge in [0.05, 0.1) is 5.60 Å². The van der Waals surface area contributed by atoms with Gasteiger partial charge in [0.25, 0.3) is 6.29 Å². The van der Waals surface area contributed by atoms with Crippen LogP contribution < -0.4 is 0 Å². The Kier molecular flexibility index (Phi) is 2.83. The Morgan fingerprint density at radius 2 is 1.76 bits per heavy atom. The topological polar surface area (TPSA) is 32.1 Å². The highest BCUT2D eigenvalue weighted by Gasteiger charge is 2.58. The fraction of sp³-hybridized carbons (Fsp3) is 0.867. The van der Waals surface area contributed by atoms with Crippen molar-refractivity contribution < 1.29 is 9.84 Å². The summed E-state index contributed by atoms with van der Waals surface area (Å²) in [5.41, 5.74) is 0.00796. The summed E-state index contributed by atoms with van der Waals surface area (Å²) in [6.45, 7) is 5.94. The van der Waals surface area contributed by atoms with Gasteiger partial charge >= 0.3 is 0 Å². The lowest BCUT2D eigenvalue weighted by atomic mass is 9.49. The van der Waals surface area contributed by atoms with Gasteiger partial charge in [0.2, 0.25) is 0 Å². The van der Waals surface area contributed by atoms with Crippen molar-refractivity contribution in [1.82, 2.24) is 0 Å². The molecule has 1 atom stereocenters. The minimum Gasteiger partial charge on any atom is -0.418 e. The predicted octanol–water partition coefficient (Wildman–Crippen LogP) is 2.84. The van der Waals surface area contributed by atoms with E-state index in [0.717, 1.165) is 30.1 Å². The molecule has 96 valence electrons. The van der Waals surface area contributed by atoms with E-state index in [9.17, 15) is 0 Å². The summed E-state index contributed by atoms with van der Waals surface area (Å²) >= 11 is 0. The lowest BCUT2D eigenvalue weighted by Gasteiger charge is -2.60. The van der Waals surface area contributed by atoms with E-state index in [4.69, 9.17) is 9.84 Å². The summed E-state index contributed by atoms with van der Waals surface area (Å²) in [7, 11) is 0. The van der Waals surface area contributed by atoms with Gasteiger partial charge in [-0.05, 0) is 62.2 Å². The normalized spacial score (nSPS) is 49.3. The maximum Gasteiger partial charge on any atom is 0.284 e. The number of hydrogen-bond acceptors (Lipinski definition) is 1. The zero-order chi connectivity index (χ0) is 12.0. The van der Waals surface area contributed by atoms with Crippen molar-refractivity contribution in [2.24, 2.45) is 23.7 Å². The monoisotopic (exact) mass is 237 g/mol. The maximum absolute atomic E-state index is 7.89. The van der Waals surface area contributed by atoms with Crippen LogP contribution in [-0.4, -0.2) is 17.0 Å². The molecule has 0 aliphatic heterocycles. The van der Waals surface area contributed by atoms with E-state index in [0.29, 0.717) is 0 Å². The zero-order valence-corrected chi connectivity index (χ0v) is 10.8. The fourth-order valence-corrected chi connectivity index (χ4v) is 5.12. The minimum absolute atomic E-state index is 0.00796. The van der Waals surface area contributed by atoms with E-state index < -0.39 is 6.29 Å². The molecular weight excluding hydrogens is 212 g/mol. The third-order valence-electron chi connectivity index (χ3n) is 5.63. The van der Waals surface area contributed by atoms with Crippen LogP contribution >= 0.6 is 0 Å². The first-order valence-electron chi connectivity index (χ1n) is 7.19. The summed E-state index contributed by atoms with van der Waals surface area (Å²) in [5, 5.41) is 7.89. The van der Waals surface area contributed by atoms with Crippen molar-refractivity contribution in [2.75, 3.05) is 0 Å². The molecule has 1 unspecified atom stereocenters. The van der Waals surface area contributed by atoms with E-state index in [1.165, 1.54) is 32.1 Å². The molecule has 17 heavy (non-hydrogen) atoms. The van der Waals surface area contributed by atoms with Crippen molar-refractivity contribution in [3.05, 3.63) is 12.7 Å². The van der Waals surface area contributed by atoms with E-state index >= 15 is 0 Å². The molecule has 4 aliphatic rings. The third kappa shape index (κ3) is 1.68. The highest BCUT2D eigenvalue weighted by Crippen LogP contribution is 2.60. The molecule has 4 saturated carbocycles. The molecule has 0 spiro atoms. The van der Waals surface area contributed by atoms with E-state index in [1.807, 2.05) is 0 Å². The van der Waals surface area contributed by atoms with Crippen LogP contribution in [0.5, 0.6) is 0 Å². The zero-order valence-electron chi connectivity index (χ0n) is 10.8. The first-order chi connectivity index (χ1) is 8.18. The van der Waals surface area contributed by atoms with Crippen LogP contribution in [0.1, 0.15) is 45.4 Å². The summed E-state index contributed by atoms with van der Waals surface area (Å²) in [6, 6.07) is 0. The van der Waals surface area contributed by atoms with Crippen LogP contribution in [0, 0.1) is 23.7 Å². The second-order valence-electron chi connectivity index (χ2n) is 6.39. The fourth-order valence-electron chi connectivity index (χ4n) is 5.12. The molecule has 4 bridgehead atoms. The number of ether oxygens (including phenoxy) is 1. The van der Waals surface area contributed by atoms with E-state index in [-0.39, 0.29) is 5.60 Å². The molecule has 0 saturated heterocycles. The van der Waals surface area contributed by atoms with Crippen molar-refractivity contribution in [1.29, 1.82) is 0 Å². The summed E-state index contributed by atoms with van der Waals surface area (Å²) in [6.07, 6.45) is 9.05. The van der Waals surface area contributed by atoms with Gasteiger partial charge in [-0.3, -0.25) is 0 Å². The molecule has 0 radical (unpaired) electrons. The van der Waals surface area contributed by atoms with Crippen LogP contribution in [0.4, 0.5) is 0 Å². The molecule has 2 N–H and O–H groups in total. The van der Waals surface area contributed by atoms with Crippen molar-refractivity contribution in [3.8, 4) is 0 Å². The van der Waals surface area contributed by atoms with Crippen LogP contribution in [0.15, 0.2) is 12.7 Å². The Bertz CT molecular complexity index is 282. The predicted molar refractivity (Wildman–Crippen MR) is 68.8 cm³/mol. The standard InChI is InChI=1S/C15H24O2/c1-3-14(16)17-15(4-2)12-6-10-5-11(8-12)9-13(15)7-10/h3,10-14,16H,1,4-9H2,2H3/p+1. The molecule has 0 amide bonds. The first kappa shape index (κ1) is 11.7. The van der Waals surface area contributed by atoms with E-state index in [2.05, 4.69) is 13.5 Å². The van der Waals surface area contributed by atoms with Crippen LogP contribution in [0.3, 0.4) is 0 Å². The Balaban J connectivity index is 1.86. The smallest absolute Gasteiger partial charge is 0.284 e. The van der Waals surface area contributed by atoms with Crippen LogP contribution in [0.25, 0.3) is 0 Å². The number of rotatable bonds is 4. The Morgan fingerprint density at radius 1 is 1.24 bits per heavy atom. The van der Waals surface area contributed by atoms with Crippen LogP contribution in [-0.2, 0) is 4.74 Å². The molecule has 2 nitrogen and oxygen atoms in total. The van der Waals surface area contributed by atoms with Gasteiger partial charge in [0.1, 0.15) is 0 Å². The average Bonchev–Trinajstić information content (AvgIpc) is 2.33. The molecule has 4 aliphatic carbocycles. The van der Waals surface area contributed by atoms with Gasteiger partial charge in [0, 0.05) is 6.08 Å². The molecule has 0 aromatic heterocycles. The van der Waals surface area contributed by atoms with Gasteiger partial charge in [-0.1, -0.05) is 13.5 Å². The first-order valence-corrected chi connectivity index (χ1v) is 7.19. The van der Waals surface area contributed by atoms with Gasteiger partial charge in [-0.2, -0.15) is 0 Å². The second kappa shape index (κ2) is 4.10. The SMILES string of the molecule is C=CC([OH2+])OC1(CC)C2CC3CC(C2)CC1C3. The molecule has 0 heterocycles. The summed E-state index contributed by atoms with van der Waals surface area (Å²) in [4.78, 5) is 0. The van der Waals surface area contributed by atoms with Gasteiger partial charge in [-0.15, -0.1) is 0 Å². The maximum atomic E-state index is 7.89. The van der Waals surface area contributed by atoms with E-state index in [1.54, 1.807) is 6.08 Å².